The first kappa shape index (κ1) is 23.9. The van der Waals surface area contributed by atoms with Crippen LogP contribution in [0.1, 0.15) is 41.1 Å². The van der Waals surface area contributed by atoms with Gasteiger partial charge in [-0.05, 0) is 92.6 Å². The highest BCUT2D eigenvalue weighted by molar-refractivity contribution is 7.80. The van der Waals surface area contributed by atoms with Gasteiger partial charge in [0.2, 0.25) is 0 Å². The number of hydrogen-bond donors (Lipinski definition) is 3. The summed E-state index contributed by atoms with van der Waals surface area (Å²) in [6.07, 6.45) is 2.78. The Kier molecular flexibility index (Phi) is 6.91. The number of aromatic hydroxyl groups is 1. The number of benzene rings is 2. The van der Waals surface area contributed by atoms with Gasteiger partial charge >= 0.3 is 0 Å². The first-order chi connectivity index (χ1) is 17.5. The zero-order valence-corrected chi connectivity index (χ0v) is 21.4. The Morgan fingerprint density at radius 3 is 2.47 bits per heavy atom. The Morgan fingerprint density at radius 2 is 1.75 bits per heavy atom. The van der Waals surface area contributed by atoms with E-state index in [9.17, 15) is 5.11 Å². The summed E-state index contributed by atoms with van der Waals surface area (Å²) in [7, 11) is 0. The second-order valence-electron chi connectivity index (χ2n) is 9.14. The van der Waals surface area contributed by atoms with E-state index in [-0.39, 0.29) is 17.8 Å². The lowest BCUT2D eigenvalue weighted by Crippen LogP contribution is -2.31. The molecule has 3 heterocycles. The first-order valence-corrected chi connectivity index (χ1v) is 12.7. The number of phenols is 1. The number of nitrogens with one attached hydrogen (secondary N) is 2. The summed E-state index contributed by atoms with van der Waals surface area (Å²) in [5.41, 5.74) is 6.64. The Balaban J connectivity index is 1.45. The molecule has 1 fully saturated rings. The molecule has 36 heavy (non-hydrogen) atoms. The van der Waals surface area contributed by atoms with E-state index in [0.717, 1.165) is 53.1 Å². The number of pyridine rings is 1. The highest BCUT2D eigenvalue weighted by Gasteiger charge is 2.41. The van der Waals surface area contributed by atoms with Gasteiger partial charge in [0.05, 0.1) is 17.8 Å². The van der Waals surface area contributed by atoms with Crippen LogP contribution in [0.25, 0.3) is 5.69 Å². The molecule has 7 heteroatoms. The zero-order chi connectivity index (χ0) is 25.1. The third kappa shape index (κ3) is 4.79. The largest absolute Gasteiger partial charge is 0.508 e. The van der Waals surface area contributed by atoms with E-state index in [4.69, 9.17) is 12.2 Å². The molecular weight excluding hydrogens is 466 g/mol. The number of aromatic nitrogens is 2. The first-order valence-electron chi connectivity index (χ1n) is 12.3. The normalized spacial score (nSPS) is 17.3. The molecule has 4 aromatic rings. The van der Waals surface area contributed by atoms with Crippen molar-refractivity contribution in [3.63, 3.8) is 0 Å². The number of nitrogens with zero attached hydrogens (tertiary/aromatic N) is 3. The summed E-state index contributed by atoms with van der Waals surface area (Å²) in [4.78, 5) is 6.98. The maximum Gasteiger partial charge on any atom is 0.170 e. The number of rotatable bonds is 8. The average molecular weight is 498 g/mol. The minimum Gasteiger partial charge on any atom is -0.508 e. The van der Waals surface area contributed by atoms with Crippen molar-refractivity contribution in [3.8, 4) is 11.4 Å². The van der Waals surface area contributed by atoms with E-state index < -0.39 is 0 Å². The van der Waals surface area contributed by atoms with Gasteiger partial charge in [0.25, 0.3) is 0 Å². The van der Waals surface area contributed by atoms with Gasteiger partial charge in [-0.25, -0.2) is 0 Å². The van der Waals surface area contributed by atoms with Crippen LogP contribution in [-0.4, -0.2) is 37.8 Å². The quantitative estimate of drug-likeness (QED) is 0.215. The Labute approximate surface area is 217 Å². The van der Waals surface area contributed by atoms with Crippen molar-refractivity contribution < 1.29 is 5.11 Å². The predicted octanol–water partition coefficient (Wildman–Crippen LogP) is 5.67. The van der Waals surface area contributed by atoms with Crippen LogP contribution in [0, 0.1) is 13.8 Å². The molecule has 5 rings (SSSR count). The maximum absolute atomic E-state index is 9.77. The van der Waals surface area contributed by atoms with Gasteiger partial charge in [0.1, 0.15) is 5.75 Å². The van der Waals surface area contributed by atoms with Gasteiger partial charge in [-0.15, -0.1) is 0 Å². The molecule has 0 unspecified atom stereocenters. The molecule has 0 bridgehead atoms. The minimum atomic E-state index is -0.0467. The van der Waals surface area contributed by atoms with Gasteiger partial charge in [-0.1, -0.05) is 24.3 Å². The van der Waals surface area contributed by atoms with Crippen molar-refractivity contribution >= 4 is 23.0 Å². The molecule has 2 aromatic carbocycles. The smallest absolute Gasteiger partial charge is 0.170 e. The molecule has 0 aliphatic carbocycles. The fourth-order valence-electron chi connectivity index (χ4n) is 5.11. The third-order valence-electron chi connectivity index (χ3n) is 6.77. The summed E-state index contributed by atoms with van der Waals surface area (Å²) in [5, 5.41) is 17.6. The molecule has 6 nitrogen and oxygen atoms in total. The van der Waals surface area contributed by atoms with Crippen LogP contribution < -0.4 is 10.6 Å². The van der Waals surface area contributed by atoms with Crippen molar-refractivity contribution in [1.82, 2.24) is 19.8 Å². The zero-order valence-electron chi connectivity index (χ0n) is 20.6. The standard InChI is InChI=1S/C29H31N5OS/c1-20-19-25(21(2)34(20)23-12-14-24(35)15-13-23)28-27(26-11-6-7-16-31-26)32-29(36)33(28)18-8-17-30-22-9-4-3-5-10-22/h3-7,9-16,19,27-28,30,35H,8,17-18H2,1-2H3,(H,32,36)/t27-,28+/m1/s1. The summed E-state index contributed by atoms with van der Waals surface area (Å²) in [6.45, 7) is 5.95. The monoisotopic (exact) mass is 497 g/mol. The van der Waals surface area contributed by atoms with Crippen LogP contribution in [0.5, 0.6) is 5.75 Å². The van der Waals surface area contributed by atoms with Crippen LogP contribution in [0.15, 0.2) is 85.1 Å². The van der Waals surface area contributed by atoms with Crippen LogP contribution in [0.2, 0.25) is 0 Å². The summed E-state index contributed by atoms with van der Waals surface area (Å²) < 4.78 is 2.24. The molecule has 1 aliphatic rings. The number of thiocarbonyl (C=S) groups is 1. The van der Waals surface area contributed by atoms with Gasteiger partial charge in [-0.2, -0.15) is 0 Å². The van der Waals surface area contributed by atoms with E-state index in [2.05, 4.69) is 63.2 Å². The minimum absolute atomic E-state index is 0.0150. The molecule has 1 aliphatic heterocycles. The lowest BCUT2D eigenvalue weighted by molar-refractivity contribution is 0.315. The van der Waals surface area contributed by atoms with Gasteiger partial charge in [0, 0.05) is 42.0 Å². The highest BCUT2D eigenvalue weighted by Crippen LogP contribution is 2.41. The number of phenolic OH excluding ortho intramolecular Hbond substituents is 1. The third-order valence-corrected chi connectivity index (χ3v) is 7.13. The van der Waals surface area contributed by atoms with Crippen molar-refractivity contribution in [3.05, 3.63) is 108 Å². The molecule has 184 valence electrons. The van der Waals surface area contributed by atoms with E-state index in [0.29, 0.717) is 0 Å². The fraction of sp³-hybridized carbons (Fsp3) is 0.241. The van der Waals surface area contributed by atoms with Crippen LogP contribution in [-0.2, 0) is 0 Å². The lowest BCUT2D eigenvalue weighted by atomic mass is 9.96. The molecule has 0 radical (unpaired) electrons. The van der Waals surface area contributed by atoms with E-state index in [1.807, 2.05) is 48.7 Å². The SMILES string of the molecule is Cc1cc([C@H]2[C@@H](c3ccccn3)NC(=S)N2CCCNc2ccccc2)c(C)n1-c1ccc(O)cc1. The number of hydrogen-bond acceptors (Lipinski definition) is 4. The van der Waals surface area contributed by atoms with Crippen LogP contribution in [0.4, 0.5) is 5.69 Å². The van der Waals surface area contributed by atoms with Crippen molar-refractivity contribution in [2.24, 2.45) is 0 Å². The van der Waals surface area contributed by atoms with Gasteiger partial charge < -0.3 is 25.2 Å². The van der Waals surface area contributed by atoms with Crippen molar-refractivity contribution in [1.29, 1.82) is 0 Å². The Hall–Kier alpha value is -3.84. The van der Waals surface area contributed by atoms with Crippen molar-refractivity contribution in [2.75, 3.05) is 18.4 Å². The molecular formula is C29H31N5OS. The highest BCUT2D eigenvalue weighted by atomic mass is 32.1. The number of anilines is 1. The van der Waals surface area contributed by atoms with Gasteiger partial charge in [0.15, 0.2) is 5.11 Å². The second kappa shape index (κ2) is 10.4. The van der Waals surface area contributed by atoms with Crippen LogP contribution in [0.3, 0.4) is 0 Å². The molecule has 0 saturated carbocycles. The van der Waals surface area contributed by atoms with Gasteiger partial charge in [-0.3, -0.25) is 4.98 Å². The molecule has 2 aromatic heterocycles. The molecule has 1 saturated heterocycles. The molecule has 2 atom stereocenters. The average Bonchev–Trinajstić information content (AvgIpc) is 3.38. The van der Waals surface area contributed by atoms with Crippen molar-refractivity contribution in [2.45, 2.75) is 32.4 Å². The summed E-state index contributed by atoms with van der Waals surface area (Å²) >= 11 is 5.86. The van der Waals surface area contributed by atoms with E-state index >= 15 is 0 Å². The summed E-state index contributed by atoms with van der Waals surface area (Å²) in [5.74, 6) is 0.261. The second-order valence-corrected chi connectivity index (χ2v) is 9.53. The topological polar surface area (TPSA) is 65.4 Å². The Morgan fingerprint density at radius 1 is 1.00 bits per heavy atom. The summed E-state index contributed by atoms with van der Waals surface area (Å²) in [6, 6.07) is 25.9. The van der Waals surface area contributed by atoms with E-state index in [1.165, 1.54) is 5.56 Å². The molecule has 0 amide bonds. The molecule has 3 N–H and O–H groups in total. The predicted molar refractivity (Wildman–Crippen MR) is 149 cm³/mol. The lowest BCUT2D eigenvalue weighted by Gasteiger charge is -2.28. The van der Waals surface area contributed by atoms with E-state index in [1.54, 1.807) is 12.1 Å². The fourth-order valence-corrected chi connectivity index (χ4v) is 5.44. The number of para-hydroxylation sites is 1. The van der Waals surface area contributed by atoms with Crippen LogP contribution >= 0.6 is 12.2 Å². The Bertz CT molecular complexity index is 1320. The maximum atomic E-state index is 9.77. The number of aryl methyl sites for hydroxylation is 1. The molecule has 0 spiro atoms.